The Bertz CT molecular complexity index is 169. The maximum absolute atomic E-state index is 9.61. The van der Waals surface area contributed by atoms with Crippen molar-refractivity contribution in [3.05, 3.63) is 0 Å². The van der Waals surface area contributed by atoms with Gasteiger partial charge < -0.3 is 4.55 Å². The van der Waals surface area contributed by atoms with Crippen molar-refractivity contribution < 1.29 is 4.55 Å². The highest BCUT2D eigenvalue weighted by atomic mass is 32.2. The molecule has 0 aromatic rings. The zero-order chi connectivity index (χ0) is 9.86. The van der Waals surface area contributed by atoms with Gasteiger partial charge in [0.15, 0.2) is 0 Å². The first kappa shape index (κ1) is 10.8. The minimum Gasteiger partial charge on any atom is -0.329 e. The molecule has 2 fully saturated rings. The number of hydrogen-bond acceptors (Lipinski definition) is 2. The van der Waals surface area contributed by atoms with Crippen LogP contribution in [0.4, 0.5) is 0 Å². The molecule has 0 atom stereocenters. The Kier molecular flexibility index (Phi) is 3.78. The molecule has 2 rings (SSSR count). The molecule has 2 saturated carbocycles. The summed E-state index contributed by atoms with van der Waals surface area (Å²) in [5, 5.41) is 0. The van der Waals surface area contributed by atoms with Gasteiger partial charge in [-0.2, -0.15) is 0 Å². The Morgan fingerprint density at radius 2 is 1.43 bits per heavy atom. The summed E-state index contributed by atoms with van der Waals surface area (Å²) in [4.78, 5) is 0. The zero-order valence-electron chi connectivity index (χ0n) is 9.00. The largest absolute Gasteiger partial charge is 0.329 e. The Hall–Kier alpha value is 0.310. The Morgan fingerprint density at radius 1 is 0.857 bits per heavy atom. The molecule has 0 heterocycles. The van der Waals surface area contributed by atoms with Crippen LogP contribution in [-0.4, -0.2) is 9.30 Å². The van der Waals surface area contributed by atoms with E-state index in [2.05, 4.69) is 0 Å². The molecule has 1 N–H and O–H groups in total. The maximum atomic E-state index is 9.61. The van der Waals surface area contributed by atoms with Crippen molar-refractivity contribution in [3.63, 3.8) is 0 Å². The molecular weight excluding hydrogens is 192 g/mol. The summed E-state index contributed by atoms with van der Waals surface area (Å²) < 4.78 is 9.87. The molecule has 0 spiro atoms. The topological polar surface area (TPSA) is 20.2 Å². The molecule has 0 saturated heterocycles. The van der Waals surface area contributed by atoms with Gasteiger partial charge in [-0.15, -0.1) is 0 Å². The lowest BCUT2D eigenvalue weighted by Crippen LogP contribution is -2.37. The Morgan fingerprint density at radius 3 is 2.00 bits per heavy atom. The lowest BCUT2D eigenvalue weighted by Gasteiger charge is -2.42. The van der Waals surface area contributed by atoms with E-state index in [0.717, 1.165) is 5.92 Å². The van der Waals surface area contributed by atoms with Crippen LogP contribution in [0.5, 0.6) is 0 Å². The van der Waals surface area contributed by atoms with Gasteiger partial charge in [0.1, 0.15) is 0 Å². The molecule has 1 nitrogen and oxygen atoms in total. The summed E-state index contributed by atoms with van der Waals surface area (Å²) in [5.41, 5.74) is 0. The smallest absolute Gasteiger partial charge is 0.0448 e. The standard InChI is InChI=1S/C12H22OS/c13-14-12(9-5-2-6-10-12)11-7-3-1-4-8-11/h11,13H,1-10H2. The molecule has 2 aliphatic rings. The number of rotatable bonds is 2. The summed E-state index contributed by atoms with van der Waals surface area (Å²) in [5.74, 6) is 0.812. The van der Waals surface area contributed by atoms with E-state index >= 15 is 0 Å². The highest BCUT2D eigenvalue weighted by Crippen LogP contribution is 2.48. The molecule has 0 bridgehead atoms. The van der Waals surface area contributed by atoms with Crippen LogP contribution in [0.25, 0.3) is 0 Å². The average molecular weight is 214 g/mol. The van der Waals surface area contributed by atoms with Gasteiger partial charge in [0.05, 0.1) is 0 Å². The minimum absolute atomic E-state index is 0.263. The highest BCUT2D eigenvalue weighted by Gasteiger charge is 2.40. The summed E-state index contributed by atoms with van der Waals surface area (Å²) in [6, 6.07) is 0. The third-order valence-corrected chi connectivity index (χ3v) is 5.34. The SMILES string of the molecule is OSC1(C2CCCCC2)CCCCC1. The van der Waals surface area contributed by atoms with E-state index in [4.69, 9.17) is 0 Å². The van der Waals surface area contributed by atoms with Gasteiger partial charge in [0.25, 0.3) is 0 Å². The molecule has 2 heteroatoms. The first-order valence-corrected chi connectivity index (χ1v) is 6.97. The second kappa shape index (κ2) is 4.89. The van der Waals surface area contributed by atoms with E-state index < -0.39 is 0 Å². The molecule has 0 aromatic carbocycles. The predicted molar refractivity (Wildman–Crippen MR) is 62.6 cm³/mol. The van der Waals surface area contributed by atoms with Crippen LogP contribution < -0.4 is 0 Å². The molecule has 0 radical (unpaired) electrons. The van der Waals surface area contributed by atoms with Crippen LogP contribution >= 0.6 is 12.0 Å². The van der Waals surface area contributed by atoms with Gasteiger partial charge >= 0.3 is 0 Å². The average Bonchev–Trinajstić information content (AvgIpc) is 2.31. The van der Waals surface area contributed by atoms with E-state index in [0.29, 0.717) is 0 Å². The Labute approximate surface area is 91.9 Å². The fourth-order valence-electron chi connectivity index (χ4n) is 3.35. The van der Waals surface area contributed by atoms with E-state index in [1.165, 1.54) is 76.3 Å². The van der Waals surface area contributed by atoms with Crippen molar-refractivity contribution in [1.29, 1.82) is 0 Å². The normalized spacial score (nSPS) is 28.9. The van der Waals surface area contributed by atoms with Gasteiger partial charge in [-0.3, -0.25) is 0 Å². The summed E-state index contributed by atoms with van der Waals surface area (Å²) in [7, 11) is 0. The van der Waals surface area contributed by atoms with Crippen LogP contribution in [0.3, 0.4) is 0 Å². The van der Waals surface area contributed by atoms with E-state index in [-0.39, 0.29) is 4.75 Å². The summed E-state index contributed by atoms with van der Waals surface area (Å²) in [6.45, 7) is 0. The molecule has 82 valence electrons. The molecule has 2 aliphatic carbocycles. The highest BCUT2D eigenvalue weighted by molar-refractivity contribution is 7.95. The fraction of sp³-hybridized carbons (Fsp3) is 1.00. The summed E-state index contributed by atoms with van der Waals surface area (Å²) in [6.07, 6.45) is 13.5. The van der Waals surface area contributed by atoms with Crippen LogP contribution in [0, 0.1) is 5.92 Å². The predicted octanol–water partition coefficient (Wildman–Crippen LogP) is 4.48. The first-order valence-electron chi connectivity index (χ1n) is 6.20. The van der Waals surface area contributed by atoms with Gasteiger partial charge in [-0.25, -0.2) is 0 Å². The van der Waals surface area contributed by atoms with E-state index in [1.807, 2.05) is 0 Å². The fourth-order valence-corrected chi connectivity index (χ4v) is 4.21. The Balaban J connectivity index is 2.01. The van der Waals surface area contributed by atoms with E-state index in [9.17, 15) is 4.55 Å². The molecule has 0 amide bonds. The van der Waals surface area contributed by atoms with Gasteiger partial charge in [0.2, 0.25) is 0 Å². The van der Waals surface area contributed by atoms with E-state index in [1.54, 1.807) is 0 Å². The van der Waals surface area contributed by atoms with Crippen molar-refractivity contribution in [2.75, 3.05) is 0 Å². The lowest BCUT2D eigenvalue weighted by molar-refractivity contribution is 0.222. The van der Waals surface area contributed by atoms with Gasteiger partial charge in [-0.1, -0.05) is 38.5 Å². The molecule has 0 unspecified atom stereocenters. The third-order valence-electron chi connectivity index (χ3n) is 4.23. The van der Waals surface area contributed by atoms with Gasteiger partial charge in [-0.05, 0) is 43.6 Å². The van der Waals surface area contributed by atoms with Crippen molar-refractivity contribution in [1.82, 2.24) is 0 Å². The third kappa shape index (κ3) is 2.11. The maximum Gasteiger partial charge on any atom is 0.0448 e. The van der Waals surface area contributed by atoms with Crippen molar-refractivity contribution in [2.24, 2.45) is 5.92 Å². The second-order valence-electron chi connectivity index (χ2n) is 5.05. The van der Waals surface area contributed by atoms with Crippen molar-refractivity contribution in [2.45, 2.75) is 69.0 Å². The second-order valence-corrected chi connectivity index (χ2v) is 6.05. The summed E-state index contributed by atoms with van der Waals surface area (Å²) >= 11 is 1.20. The van der Waals surface area contributed by atoms with Gasteiger partial charge in [0, 0.05) is 4.75 Å². The molecule has 14 heavy (non-hydrogen) atoms. The number of hydrogen-bond donors (Lipinski definition) is 1. The molecule has 0 aliphatic heterocycles. The minimum atomic E-state index is 0.263. The molecule has 0 aromatic heterocycles. The van der Waals surface area contributed by atoms with Crippen LogP contribution in [0.2, 0.25) is 0 Å². The zero-order valence-corrected chi connectivity index (χ0v) is 9.82. The molecular formula is C12H22OS. The quantitative estimate of drug-likeness (QED) is 0.684. The monoisotopic (exact) mass is 214 g/mol. The van der Waals surface area contributed by atoms with Crippen molar-refractivity contribution in [3.8, 4) is 0 Å². The lowest BCUT2D eigenvalue weighted by atomic mass is 9.72. The van der Waals surface area contributed by atoms with Crippen LogP contribution in [-0.2, 0) is 0 Å². The first-order chi connectivity index (χ1) is 6.87. The van der Waals surface area contributed by atoms with Crippen molar-refractivity contribution >= 4 is 12.0 Å². The van der Waals surface area contributed by atoms with Crippen LogP contribution in [0.15, 0.2) is 0 Å². The van der Waals surface area contributed by atoms with Crippen LogP contribution in [0.1, 0.15) is 64.2 Å².